The summed E-state index contributed by atoms with van der Waals surface area (Å²) in [5.74, 6) is -0.903. The van der Waals surface area contributed by atoms with Crippen molar-refractivity contribution >= 4 is 5.97 Å². The van der Waals surface area contributed by atoms with Crippen LogP contribution in [0.3, 0.4) is 0 Å². The lowest BCUT2D eigenvalue weighted by atomic mass is 10.1. The molecule has 18 heavy (non-hydrogen) atoms. The largest absolute Gasteiger partial charge is 0.481 e. The molecule has 2 aromatic rings. The first-order valence-electron chi connectivity index (χ1n) is 5.83. The molecule has 0 spiro atoms. The molecule has 1 aromatic carbocycles. The summed E-state index contributed by atoms with van der Waals surface area (Å²) in [7, 11) is 0. The number of carboxylic acids is 1. The van der Waals surface area contributed by atoms with Crippen LogP contribution in [0.4, 0.5) is 0 Å². The van der Waals surface area contributed by atoms with Crippen LogP contribution in [0.5, 0.6) is 0 Å². The molecule has 0 fully saturated rings. The van der Waals surface area contributed by atoms with E-state index in [-0.39, 0.29) is 6.42 Å². The van der Waals surface area contributed by atoms with Crippen molar-refractivity contribution in [1.82, 2.24) is 15.0 Å². The third-order valence-electron chi connectivity index (χ3n) is 2.84. The monoisotopic (exact) mass is 245 g/mol. The molecule has 1 N–H and O–H groups in total. The summed E-state index contributed by atoms with van der Waals surface area (Å²) in [6.45, 7) is 4.17. The van der Waals surface area contributed by atoms with Gasteiger partial charge in [0.1, 0.15) is 0 Å². The van der Waals surface area contributed by atoms with Gasteiger partial charge in [0.05, 0.1) is 24.0 Å². The van der Waals surface area contributed by atoms with E-state index in [0.29, 0.717) is 5.69 Å². The van der Waals surface area contributed by atoms with E-state index < -0.39 is 5.97 Å². The van der Waals surface area contributed by atoms with E-state index in [1.54, 1.807) is 10.9 Å². The molecule has 5 heteroatoms. The van der Waals surface area contributed by atoms with E-state index in [4.69, 9.17) is 5.11 Å². The number of carboxylic acid groups (broad SMARTS) is 1. The molecule has 0 saturated carbocycles. The lowest BCUT2D eigenvalue weighted by Crippen LogP contribution is -2.00. The maximum Gasteiger partial charge on any atom is 0.309 e. The molecule has 0 aliphatic carbocycles. The zero-order valence-electron chi connectivity index (χ0n) is 10.4. The number of benzene rings is 1. The van der Waals surface area contributed by atoms with Crippen molar-refractivity contribution in [2.24, 2.45) is 0 Å². The van der Waals surface area contributed by atoms with Gasteiger partial charge in [-0.15, -0.1) is 5.10 Å². The zero-order chi connectivity index (χ0) is 13.1. The SMILES string of the molecule is CCc1ccc(-n2cc(CC(=O)O)nn2)cc1C. The van der Waals surface area contributed by atoms with Gasteiger partial charge in [-0.1, -0.05) is 18.2 Å². The van der Waals surface area contributed by atoms with E-state index >= 15 is 0 Å². The number of hydrogen-bond acceptors (Lipinski definition) is 3. The first-order chi connectivity index (χ1) is 8.60. The number of hydrogen-bond donors (Lipinski definition) is 1. The van der Waals surface area contributed by atoms with Gasteiger partial charge in [-0.25, -0.2) is 4.68 Å². The van der Waals surface area contributed by atoms with Gasteiger partial charge in [0.15, 0.2) is 0 Å². The number of rotatable bonds is 4. The van der Waals surface area contributed by atoms with Crippen molar-refractivity contribution in [2.75, 3.05) is 0 Å². The first kappa shape index (κ1) is 12.3. The van der Waals surface area contributed by atoms with Crippen LogP contribution < -0.4 is 0 Å². The second-order valence-electron chi connectivity index (χ2n) is 4.19. The second-order valence-corrected chi connectivity index (χ2v) is 4.19. The van der Waals surface area contributed by atoms with Crippen molar-refractivity contribution in [2.45, 2.75) is 26.7 Å². The molecule has 0 unspecified atom stereocenters. The third-order valence-corrected chi connectivity index (χ3v) is 2.84. The van der Waals surface area contributed by atoms with Gasteiger partial charge in [-0.05, 0) is 36.6 Å². The van der Waals surface area contributed by atoms with Crippen LogP contribution >= 0.6 is 0 Å². The lowest BCUT2D eigenvalue weighted by molar-refractivity contribution is -0.136. The Labute approximate surface area is 105 Å². The molecule has 0 radical (unpaired) electrons. The predicted octanol–water partition coefficient (Wildman–Crippen LogP) is 1.77. The summed E-state index contributed by atoms with van der Waals surface area (Å²) in [6, 6.07) is 6.05. The van der Waals surface area contributed by atoms with Crippen LogP contribution in [0.25, 0.3) is 5.69 Å². The number of aliphatic carboxylic acids is 1. The summed E-state index contributed by atoms with van der Waals surface area (Å²) >= 11 is 0. The van der Waals surface area contributed by atoms with Crippen LogP contribution in [-0.4, -0.2) is 26.1 Å². The first-order valence-corrected chi connectivity index (χ1v) is 5.83. The zero-order valence-corrected chi connectivity index (χ0v) is 10.4. The highest BCUT2D eigenvalue weighted by Crippen LogP contribution is 2.14. The normalized spacial score (nSPS) is 10.6. The molecule has 0 atom stereocenters. The molecule has 0 bridgehead atoms. The molecule has 1 aromatic heterocycles. The Bertz CT molecular complexity index is 575. The van der Waals surface area contributed by atoms with E-state index in [0.717, 1.165) is 12.1 Å². The molecule has 1 heterocycles. The van der Waals surface area contributed by atoms with Gasteiger partial charge in [0, 0.05) is 0 Å². The Hall–Kier alpha value is -2.17. The Morgan fingerprint density at radius 1 is 1.44 bits per heavy atom. The highest BCUT2D eigenvalue weighted by molar-refractivity contribution is 5.69. The highest BCUT2D eigenvalue weighted by Gasteiger charge is 2.07. The molecular formula is C13H15N3O2. The van der Waals surface area contributed by atoms with Crippen molar-refractivity contribution < 1.29 is 9.90 Å². The van der Waals surface area contributed by atoms with Crippen LogP contribution in [0.2, 0.25) is 0 Å². The second kappa shape index (κ2) is 5.00. The van der Waals surface area contributed by atoms with Crippen LogP contribution in [0.1, 0.15) is 23.7 Å². The lowest BCUT2D eigenvalue weighted by Gasteiger charge is -2.05. The summed E-state index contributed by atoms with van der Waals surface area (Å²) in [5, 5.41) is 16.5. The average molecular weight is 245 g/mol. The average Bonchev–Trinajstić information content (AvgIpc) is 2.76. The van der Waals surface area contributed by atoms with Crippen LogP contribution in [-0.2, 0) is 17.6 Å². The minimum absolute atomic E-state index is 0.105. The van der Waals surface area contributed by atoms with Crippen molar-refractivity contribution in [3.05, 3.63) is 41.2 Å². The maximum atomic E-state index is 10.6. The molecule has 2 rings (SSSR count). The maximum absolute atomic E-state index is 10.6. The van der Waals surface area contributed by atoms with Crippen molar-refractivity contribution in [3.8, 4) is 5.69 Å². The molecule has 0 amide bonds. The van der Waals surface area contributed by atoms with Crippen molar-refractivity contribution in [1.29, 1.82) is 0 Å². The van der Waals surface area contributed by atoms with Gasteiger partial charge < -0.3 is 5.11 Å². The number of carbonyl (C=O) groups is 1. The molecule has 0 saturated heterocycles. The standard InChI is InChI=1S/C13H15N3O2/c1-3-10-4-5-12(6-9(10)2)16-8-11(14-15-16)7-13(17)18/h4-6,8H,3,7H2,1-2H3,(H,17,18). The Morgan fingerprint density at radius 2 is 2.22 bits per heavy atom. The van der Waals surface area contributed by atoms with Crippen molar-refractivity contribution in [3.63, 3.8) is 0 Å². The molecule has 0 aliphatic rings. The molecular weight excluding hydrogens is 230 g/mol. The summed E-state index contributed by atoms with van der Waals surface area (Å²) in [6.07, 6.45) is 2.54. The fourth-order valence-corrected chi connectivity index (χ4v) is 1.88. The van der Waals surface area contributed by atoms with E-state index in [9.17, 15) is 4.79 Å². The Morgan fingerprint density at radius 3 is 2.83 bits per heavy atom. The predicted molar refractivity (Wildman–Crippen MR) is 66.8 cm³/mol. The van der Waals surface area contributed by atoms with Crippen LogP contribution in [0.15, 0.2) is 24.4 Å². The number of nitrogens with zero attached hydrogens (tertiary/aromatic N) is 3. The smallest absolute Gasteiger partial charge is 0.309 e. The van der Waals surface area contributed by atoms with E-state index in [1.165, 1.54) is 11.1 Å². The summed E-state index contributed by atoms with van der Waals surface area (Å²) < 4.78 is 1.60. The quantitative estimate of drug-likeness (QED) is 0.891. The Kier molecular flexibility index (Phi) is 3.41. The van der Waals surface area contributed by atoms with Gasteiger partial charge >= 0.3 is 5.97 Å². The van der Waals surface area contributed by atoms with Gasteiger partial charge in [-0.3, -0.25) is 4.79 Å². The molecule has 0 aliphatic heterocycles. The Balaban J connectivity index is 2.28. The third kappa shape index (κ3) is 2.56. The topological polar surface area (TPSA) is 68.0 Å². The van der Waals surface area contributed by atoms with E-state index in [1.807, 2.05) is 12.1 Å². The minimum Gasteiger partial charge on any atom is -0.481 e. The fraction of sp³-hybridized carbons (Fsp3) is 0.308. The van der Waals surface area contributed by atoms with E-state index in [2.05, 4.69) is 30.2 Å². The fourth-order valence-electron chi connectivity index (χ4n) is 1.88. The highest BCUT2D eigenvalue weighted by atomic mass is 16.4. The molecule has 94 valence electrons. The van der Waals surface area contributed by atoms with Gasteiger partial charge in [-0.2, -0.15) is 0 Å². The molecule has 5 nitrogen and oxygen atoms in total. The number of aryl methyl sites for hydroxylation is 2. The van der Waals surface area contributed by atoms with Gasteiger partial charge in [0.25, 0.3) is 0 Å². The van der Waals surface area contributed by atoms with Crippen LogP contribution in [0, 0.1) is 6.92 Å². The summed E-state index contributed by atoms with van der Waals surface area (Å²) in [5.41, 5.74) is 3.85. The van der Waals surface area contributed by atoms with Gasteiger partial charge in [0.2, 0.25) is 0 Å². The minimum atomic E-state index is -0.903. The summed E-state index contributed by atoms with van der Waals surface area (Å²) in [4.78, 5) is 10.6. The number of aromatic nitrogens is 3.